The van der Waals surface area contributed by atoms with Crippen LogP contribution < -0.4 is 10.1 Å². The van der Waals surface area contributed by atoms with Crippen LogP contribution in [0.3, 0.4) is 0 Å². The topological polar surface area (TPSA) is 84.9 Å². The second-order valence-corrected chi connectivity index (χ2v) is 9.80. The van der Waals surface area contributed by atoms with Gasteiger partial charge in [-0.25, -0.2) is 8.42 Å². The van der Waals surface area contributed by atoms with Gasteiger partial charge in [-0.1, -0.05) is 35.9 Å². The van der Waals surface area contributed by atoms with Crippen LogP contribution in [0.2, 0.25) is 0 Å². The second kappa shape index (κ2) is 9.74. The maximum absolute atomic E-state index is 13.2. The van der Waals surface area contributed by atoms with Gasteiger partial charge < -0.3 is 14.8 Å². The van der Waals surface area contributed by atoms with Gasteiger partial charge in [0.2, 0.25) is 10.0 Å². The number of amides is 1. The Morgan fingerprint density at radius 1 is 0.970 bits per heavy atom. The molecule has 1 heterocycles. The fourth-order valence-electron chi connectivity index (χ4n) is 3.58. The van der Waals surface area contributed by atoms with Crippen molar-refractivity contribution in [3.05, 3.63) is 83.4 Å². The van der Waals surface area contributed by atoms with E-state index < -0.39 is 10.0 Å². The minimum absolute atomic E-state index is 0.0843. The predicted molar refractivity (Wildman–Crippen MR) is 126 cm³/mol. The van der Waals surface area contributed by atoms with Crippen molar-refractivity contribution >= 4 is 21.6 Å². The molecule has 0 unspecified atom stereocenters. The van der Waals surface area contributed by atoms with Gasteiger partial charge in [-0.2, -0.15) is 4.31 Å². The lowest BCUT2D eigenvalue weighted by Gasteiger charge is -2.26. The molecule has 1 amide bonds. The van der Waals surface area contributed by atoms with Crippen molar-refractivity contribution in [2.75, 3.05) is 31.6 Å². The van der Waals surface area contributed by atoms with E-state index in [9.17, 15) is 13.2 Å². The van der Waals surface area contributed by atoms with Crippen molar-refractivity contribution < 1.29 is 22.7 Å². The first-order valence-corrected chi connectivity index (χ1v) is 12.1. The number of morpholine rings is 1. The summed E-state index contributed by atoms with van der Waals surface area (Å²) in [4.78, 5) is 13.2. The molecule has 1 aliphatic rings. The Kier molecular flexibility index (Phi) is 6.78. The minimum Gasteiger partial charge on any atom is -0.455 e. The molecule has 8 heteroatoms. The van der Waals surface area contributed by atoms with Crippen LogP contribution in [-0.4, -0.2) is 44.9 Å². The Morgan fingerprint density at radius 3 is 2.42 bits per heavy atom. The van der Waals surface area contributed by atoms with Crippen molar-refractivity contribution in [2.24, 2.45) is 0 Å². The van der Waals surface area contributed by atoms with Gasteiger partial charge in [0.15, 0.2) is 5.75 Å². The number of nitrogens with zero attached hydrogens (tertiary/aromatic N) is 1. The van der Waals surface area contributed by atoms with E-state index >= 15 is 0 Å². The molecule has 3 aromatic carbocycles. The van der Waals surface area contributed by atoms with Gasteiger partial charge in [-0.05, 0) is 55.8 Å². The van der Waals surface area contributed by atoms with E-state index in [1.54, 1.807) is 24.3 Å². The summed E-state index contributed by atoms with van der Waals surface area (Å²) in [6, 6.07) is 19.2. The van der Waals surface area contributed by atoms with Crippen molar-refractivity contribution in [2.45, 2.75) is 18.7 Å². The van der Waals surface area contributed by atoms with E-state index in [1.165, 1.54) is 16.4 Å². The largest absolute Gasteiger partial charge is 0.455 e. The van der Waals surface area contributed by atoms with Crippen molar-refractivity contribution in [1.82, 2.24) is 4.31 Å². The average Bonchev–Trinajstić information content (AvgIpc) is 2.83. The molecule has 0 saturated carbocycles. The Morgan fingerprint density at radius 2 is 1.70 bits per heavy atom. The quantitative estimate of drug-likeness (QED) is 0.583. The maximum atomic E-state index is 13.2. The maximum Gasteiger partial charge on any atom is 0.256 e. The number of ether oxygens (including phenoxy) is 2. The Labute approximate surface area is 194 Å². The SMILES string of the molecule is Cc1ccc(C)c(C(=O)Nc2cc(S(=O)(=O)N3CCOCC3)ccc2Oc2ccccc2)c1. The number of anilines is 1. The lowest BCUT2D eigenvalue weighted by molar-refractivity contribution is 0.0730. The lowest BCUT2D eigenvalue weighted by Crippen LogP contribution is -2.40. The molecule has 33 heavy (non-hydrogen) atoms. The number of carbonyl (C=O) groups is 1. The molecule has 1 N–H and O–H groups in total. The molecule has 172 valence electrons. The molecule has 0 spiro atoms. The summed E-state index contributed by atoms with van der Waals surface area (Å²) in [6.45, 7) is 5.05. The van der Waals surface area contributed by atoms with Crippen LogP contribution in [0.25, 0.3) is 0 Å². The zero-order valence-electron chi connectivity index (χ0n) is 18.6. The summed E-state index contributed by atoms with van der Waals surface area (Å²) >= 11 is 0. The second-order valence-electron chi connectivity index (χ2n) is 7.86. The fraction of sp³-hybridized carbons (Fsp3) is 0.240. The van der Waals surface area contributed by atoms with E-state index in [0.29, 0.717) is 30.3 Å². The van der Waals surface area contributed by atoms with Crippen molar-refractivity contribution in [3.63, 3.8) is 0 Å². The number of carbonyl (C=O) groups excluding carboxylic acids is 1. The standard InChI is InChI=1S/C25H26N2O5S/c1-18-8-9-19(2)22(16-18)25(28)26-23-17-21(33(29,30)27-12-14-31-15-13-27)10-11-24(23)32-20-6-4-3-5-7-20/h3-11,16-17H,12-15H2,1-2H3,(H,26,28). The normalized spacial score (nSPS) is 14.6. The number of hydrogen-bond acceptors (Lipinski definition) is 5. The fourth-order valence-corrected chi connectivity index (χ4v) is 5.01. The van der Waals surface area contributed by atoms with E-state index in [0.717, 1.165) is 11.1 Å². The molecule has 0 aromatic heterocycles. The van der Waals surface area contributed by atoms with E-state index in [1.807, 2.05) is 44.2 Å². The van der Waals surface area contributed by atoms with Gasteiger partial charge in [0.25, 0.3) is 5.91 Å². The molecule has 3 aromatic rings. The van der Waals surface area contributed by atoms with E-state index in [4.69, 9.17) is 9.47 Å². The average molecular weight is 467 g/mol. The van der Waals surface area contributed by atoms with Crippen molar-refractivity contribution in [1.29, 1.82) is 0 Å². The summed E-state index contributed by atoms with van der Waals surface area (Å²) in [7, 11) is -3.74. The molecule has 1 saturated heterocycles. The third-order valence-electron chi connectivity index (χ3n) is 5.42. The first kappa shape index (κ1) is 23.0. The first-order chi connectivity index (χ1) is 15.8. The summed E-state index contributed by atoms with van der Waals surface area (Å²) < 4.78 is 39.0. The van der Waals surface area contributed by atoms with Crippen LogP contribution in [-0.2, 0) is 14.8 Å². The Balaban J connectivity index is 1.71. The van der Waals surface area contributed by atoms with Crippen molar-refractivity contribution in [3.8, 4) is 11.5 Å². The van der Waals surface area contributed by atoms with Gasteiger partial charge >= 0.3 is 0 Å². The number of hydrogen-bond donors (Lipinski definition) is 1. The van der Waals surface area contributed by atoms with Crippen LogP contribution in [0.1, 0.15) is 21.5 Å². The van der Waals surface area contributed by atoms with Gasteiger partial charge in [0, 0.05) is 18.7 Å². The minimum atomic E-state index is -3.74. The molecular weight excluding hydrogens is 440 g/mol. The molecule has 1 fully saturated rings. The van der Waals surface area contributed by atoms with Crippen LogP contribution >= 0.6 is 0 Å². The zero-order chi connectivity index (χ0) is 23.4. The smallest absolute Gasteiger partial charge is 0.256 e. The van der Waals surface area contributed by atoms with Gasteiger partial charge in [-0.15, -0.1) is 0 Å². The lowest BCUT2D eigenvalue weighted by atomic mass is 10.0. The summed E-state index contributed by atoms with van der Waals surface area (Å²) in [5.41, 5.74) is 2.57. The number of sulfonamides is 1. The van der Waals surface area contributed by atoms with Crippen LogP contribution in [0.4, 0.5) is 5.69 Å². The van der Waals surface area contributed by atoms with Crippen LogP contribution in [0.15, 0.2) is 71.6 Å². The molecule has 7 nitrogen and oxygen atoms in total. The number of aryl methyl sites for hydroxylation is 2. The number of para-hydroxylation sites is 1. The summed E-state index contributed by atoms with van der Waals surface area (Å²) in [5.74, 6) is 0.583. The molecule has 1 aliphatic heterocycles. The van der Waals surface area contributed by atoms with Crippen LogP contribution in [0, 0.1) is 13.8 Å². The molecule has 4 rings (SSSR count). The molecule has 0 atom stereocenters. The van der Waals surface area contributed by atoms with Crippen LogP contribution in [0.5, 0.6) is 11.5 Å². The Hall–Kier alpha value is -3.20. The molecule has 0 aliphatic carbocycles. The highest BCUT2D eigenvalue weighted by Gasteiger charge is 2.27. The summed E-state index contributed by atoms with van der Waals surface area (Å²) in [5, 5.41) is 2.86. The number of benzene rings is 3. The zero-order valence-corrected chi connectivity index (χ0v) is 19.4. The van der Waals surface area contributed by atoms with E-state index in [2.05, 4.69) is 5.32 Å². The number of rotatable bonds is 6. The third kappa shape index (κ3) is 5.24. The first-order valence-electron chi connectivity index (χ1n) is 10.7. The Bertz CT molecular complexity index is 1250. The highest BCUT2D eigenvalue weighted by molar-refractivity contribution is 7.89. The van der Waals surface area contributed by atoms with Gasteiger partial charge in [0.05, 0.1) is 23.8 Å². The van der Waals surface area contributed by atoms with Gasteiger partial charge in [-0.3, -0.25) is 4.79 Å². The third-order valence-corrected chi connectivity index (χ3v) is 7.31. The highest BCUT2D eigenvalue weighted by Crippen LogP contribution is 2.33. The van der Waals surface area contributed by atoms with Gasteiger partial charge in [0.1, 0.15) is 5.75 Å². The number of nitrogens with one attached hydrogen (secondary N) is 1. The predicted octanol–water partition coefficient (Wildman–Crippen LogP) is 4.37. The van der Waals surface area contributed by atoms with E-state index in [-0.39, 0.29) is 29.6 Å². The molecule has 0 bridgehead atoms. The summed E-state index contributed by atoms with van der Waals surface area (Å²) in [6.07, 6.45) is 0. The monoisotopic (exact) mass is 466 g/mol. The highest BCUT2D eigenvalue weighted by atomic mass is 32.2. The molecule has 0 radical (unpaired) electrons. The molecular formula is C25H26N2O5S.